The van der Waals surface area contributed by atoms with Gasteiger partial charge >= 0.3 is 5.97 Å². The molecule has 0 aromatic heterocycles. The van der Waals surface area contributed by atoms with Crippen LogP contribution in [0.2, 0.25) is 0 Å². The molecule has 0 unspecified atom stereocenters. The van der Waals surface area contributed by atoms with Gasteiger partial charge in [-0.3, -0.25) is 19.3 Å². The molecule has 3 amide bonds. The summed E-state index contributed by atoms with van der Waals surface area (Å²) < 4.78 is 5.08. The van der Waals surface area contributed by atoms with E-state index in [-0.39, 0.29) is 30.8 Å². The third-order valence-corrected chi connectivity index (χ3v) is 4.51. The third kappa shape index (κ3) is 9.12. The van der Waals surface area contributed by atoms with Crippen molar-refractivity contribution in [3.8, 4) is 0 Å². The summed E-state index contributed by atoms with van der Waals surface area (Å²) >= 11 is 0. The minimum atomic E-state index is -0.400. The van der Waals surface area contributed by atoms with E-state index >= 15 is 0 Å². The summed E-state index contributed by atoms with van der Waals surface area (Å²) in [7, 11) is 0. The van der Waals surface area contributed by atoms with Gasteiger partial charge in [0.05, 0.1) is 25.3 Å². The molecule has 2 rings (SSSR count). The molecule has 0 aliphatic rings. The maximum Gasteiger partial charge on any atom is 0.338 e. The number of likely N-dealkylation sites (N-methyl/N-ethyl adjacent to an activating group) is 1. The smallest absolute Gasteiger partial charge is 0.338 e. The topological polar surface area (TPSA) is 117 Å². The fourth-order valence-corrected chi connectivity index (χ4v) is 2.89. The Labute approximate surface area is 193 Å². The standard InChI is InChI=1S/C24H30N4O5/c1-4-14-33-24(32)18-6-8-20(9-7-18)26-22(30)15-28(5-2)16-23(31)27-21-12-10-19(11-13-21)25-17(3)29/h6-13H,4-5,14-16H2,1-3H3,(H,25,29)(H,26,30)(H,27,31). The highest BCUT2D eigenvalue weighted by molar-refractivity contribution is 5.96. The van der Waals surface area contributed by atoms with Crippen molar-refractivity contribution in [1.29, 1.82) is 0 Å². The first-order valence-electron chi connectivity index (χ1n) is 10.8. The van der Waals surface area contributed by atoms with Gasteiger partial charge in [-0.2, -0.15) is 0 Å². The van der Waals surface area contributed by atoms with E-state index in [1.807, 2.05) is 13.8 Å². The normalized spacial score (nSPS) is 10.4. The third-order valence-electron chi connectivity index (χ3n) is 4.51. The van der Waals surface area contributed by atoms with Crippen LogP contribution in [0.25, 0.3) is 0 Å². The molecule has 3 N–H and O–H groups in total. The highest BCUT2D eigenvalue weighted by atomic mass is 16.5. The van der Waals surface area contributed by atoms with Crippen molar-refractivity contribution in [2.75, 3.05) is 42.2 Å². The van der Waals surface area contributed by atoms with Gasteiger partial charge in [-0.1, -0.05) is 13.8 Å². The molecular weight excluding hydrogens is 424 g/mol. The molecule has 0 fully saturated rings. The Morgan fingerprint density at radius 2 is 1.21 bits per heavy atom. The summed E-state index contributed by atoms with van der Waals surface area (Å²) in [4.78, 5) is 49.4. The SMILES string of the molecule is CCCOC(=O)c1ccc(NC(=O)CN(CC)CC(=O)Nc2ccc(NC(C)=O)cc2)cc1. The molecule has 0 radical (unpaired) electrons. The molecule has 0 atom stereocenters. The number of benzene rings is 2. The van der Waals surface area contributed by atoms with Crippen molar-refractivity contribution in [3.05, 3.63) is 54.1 Å². The lowest BCUT2D eigenvalue weighted by Gasteiger charge is -2.19. The average molecular weight is 455 g/mol. The Hall–Kier alpha value is -3.72. The van der Waals surface area contributed by atoms with Crippen LogP contribution >= 0.6 is 0 Å². The summed E-state index contributed by atoms with van der Waals surface area (Å²) in [5.41, 5.74) is 2.19. The molecule has 0 spiro atoms. The zero-order valence-electron chi connectivity index (χ0n) is 19.1. The van der Waals surface area contributed by atoms with Crippen molar-refractivity contribution in [2.24, 2.45) is 0 Å². The van der Waals surface area contributed by atoms with E-state index in [9.17, 15) is 19.2 Å². The Balaban J connectivity index is 1.83. The van der Waals surface area contributed by atoms with Crippen LogP contribution in [0.5, 0.6) is 0 Å². The molecule has 2 aromatic carbocycles. The van der Waals surface area contributed by atoms with E-state index in [0.717, 1.165) is 6.42 Å². The molecule has 9 heteroatoms. The second-order valence-corrected chi connectivity index (χ2v) is 7.37. The number of ether oxygens (including phenoxy) is 1. The van der Waals surface area contributed by atoms with Crippen LogP contribution < -0.4 is 16.0 Å². The molecule has 33 heavy (non-hydrogen) atoms. The number of nitrogens with one attached hydrogen (secondary N) is 3. The van der Waals surface area contributed by atoms with Crippen molar-refractivity contribution in [1.82, 2.24) is 4.90 Å². The Morgan fingerprint density at radius 1 is 0.758 bits per heavy atom. The monoisotopic (exact) mass is 454 g/mol. The summed E-state index contributed by atoms with van der Waals surface area (Å²) in [6, 6.07) is 13.2. The van der Waals surface area contributed by atoms with E-state index in [1.54, 1.807) is 53.4 Å². The minimum Gasteiger partial charge on any atom is -0.462 e. The Morgan fingerprint density at radius 3 is 1.64 bits per heavy atom. The van der Waals surface area contributed by atoms with E-state index in [2.05, 4.69) is 16.0 Å². The summed E-state index contributed by atoms with van der Waals surface area (Å²) in [5, 5.41) is 8.19. The van der Waals surface area contributed by atoms with Crippen molar-refractivity contribution >= 4 is 40.8 Å². The van der Waals surface area contributed by atoms with Crippen LogP contribution in [0.4, 0.5) is 17.1 Å². The van der Waals surface area contributed by atoms with E-state index in [1.165, 1.54) is 6.92 Å². The minimum absolute atomic E-state index is 0.0334. The summed E-state index contributed by atoms with van der Waals surface area (Å²) in [5.74, 6) is -1.10. The van der Waals surface area contributed by atoms with E-state index in [4.69, 9.17) is 4.74 Å². The maximum atomic E-state index is 12.4. The van der Waals surface area contributed by atoms with Gasteiger partial charge in [0.15, 0.2) is 0 Å². The van der Waals surface area contributed by atoms with Crippen LogP contribution in [-0.4, -0.2) is 54.8 Å². The molecule has 0 saturated carbocycles. The largest absolute Gasteiger partial charge is 0.462 e. The van der Waals surface area contributed by atoms with Gasteiger partial charge in [0.2, 0.25) is 17.7 Å². The van der Waals surface area contributed by atoms with E-state index < -0.39 is 5.97 Å². The van der Waals surface area contributed by atoms with Gasteiger partial charge in [0.25, 0.3) is 0 Å². The molecule has 2 aromatic rings. The zero-order valence-corrected chi connectivity index (χ0v) is 19.1. The lowest BCUT2D eigenvalue weighted by molar-refractivity contribution is -0.120. The highest BCUT2D eigenvalue weighted by Crippen LogP contribution is 2.14. The summed E-state index contributed by atoms with van der Waals surface area (Å²) in [6.45, 7) is 6.14. The Kier molecular flexibility index (Phi) is 10.0. The van der Waals surface area contributed by atoms with Crippen molar-refractivity contribution in [3.63, 3.8) is 0 Å². The predicted octanol–water partition coefficient (Wildman–Crippen LogP) is 3.11. The zero-order chi connectivity index (χ0) is 24.2. The van der Waals surface area contributed by atoms with Gasteiger partial charge in [0.1, 0.15) is 0 Å². The van der Waals surface area contributed by atoms with Crippen LogP contribution in [0.1, 0.15) is 37.6 Å². The molecule has 0 heterocycles. The van der Waals surface area contributed by atoms with Crippen molar-refractivity contribution in [2.45, 2.75) is 27.2 Å². The second-order valence-electron chi connectivity index (χ2n) is 7.37. The number of esters is 1. The fourth-order valence-electron chi connectivity index (χ4n) is 2.89. The van der Waals surface area contributed by atoms with Crippen molar-refractivity contribution < 1.29 is 23.9 Å². The molecule has 0 aliphatic carbocycles. The number of rotatable bonds is 11. The van der Waals surface area contributed by atoms with Crippen LogP contribution in [0.3, 0.4) is 0 Å². The fraction of sp³-hybridized carbons (Fsp3) is 0.333. The first-order valence-corrected chi connectivity index (χ1v) is 10.8. The van der Waals surface area contributed by atoms with Gasteiger partial charge in [-0.15, -0.1) is 0 Å². The molecule has 0 aliphatic heterocycles. The van der Waals surface area contributed by atoms with E-state index in [0.29, 0.717) is 35.8 Å². The van der Waals surface area contributed by atoms with Gasteiger partial charge in [-0.25, -0.2) is 4.79 Å². The number of carbonyl (C=O) groups excluding carboxylic acids is 4. The summed E-state index contributed by atoms with van der Waals surface area (Å²) in [6.07, 6.45) is 0.747. The number of anilines is 3. The van der Waals surface area contributed by atoms with Crippen LogP contribution in [-0.2, 0) is 19.1 Å². The molecule has 9 nitrogen and oxygen atoms in total. The van der Waals surface area contributed by atoms with Gasteiger partial charge in [-0.05, 0) is 61.5 Å². The molecule has 0 bridgehead atoms. The Bertz CT molecular complexity index is 958. The van der Waals surface area contributed by atoms with Crippen LogP contribution in [0, 0.1) is 0 Å². The van der Waals surface area contributed by atoms with Gasteiger partial charge < -0.3 is 20.7 Å². The number of hydrogen-bond acceptors (Lipinski definition) is 6. The number of carbonyl (C=O) groups is 4. The quantitative estimate of drug-likeness (QED) is 0.449. The number of hydrogen-bond donors (Lipinski definition) is 3. The first kappa shape index (κ1) is 25.5. The maximum absolute atomic E-state index is 12.4. The lowest BCUT2D eigenvalue weighted by Crippen LogP contribution is -2.38. The number of amides is 3. The van der Waals surface area contributed by atoms with Crippen LogP contribution in [0.15, 0.2) is 48.5 Å². The average Bonchev–Trinajstić information content (AvgIpc) is 2.78. The predicted molar refractivity (Wildman–Crippen MR) is 127 cm³/mol. The lowest BCUT2D eigenvalue weighted by atomic mass is 10.2. The second kappa shape index (κ2) is 13.0. The highest BCUT2D eigenvalue weighted by Gasteiger charge is 2.14. The molecular formula is C24H30N4O5. The molecule has 176 valence electrons. The number of nitrogens with zero attached hydrogens (tertiary/aromatic N) is 1. The first-order chi connectivity index (χ1) is 15.8. The molecule has 0 saturated heterocycles. The van der Waals surface area contributed by atoms with Gasteiger partial charge in [0, 0.05) is 24.0 Å².